The highest BCUT2D eigenvalue weighted by molar-refractivity contribution is 6.12. The number of ketones is 1. The summed E-state index contributed by atoms with van der Waals surface area (Å²) in [5, 5.41) is 0.918. The quantitative estimate of drug-likeness (QED) is 0.371. The van der Waals surface area contributed by atoms with Gasteiger partial charge in [-0.2, -0.15) is 0 Å². The SMILES string of the molecule is CO/C=C(/C(=O)OC)n1ccc2ccc(C(C)=O)cc21. The lowest BCUT2D eigenvalue weighted by molar-refractivity contribution is -0.134. The van der Waals surface area contributed by atoms with Gasteiger partial charge in [-0.3, -0.25) is 4.79 Å². The van der Waals surface area contributed by atoms with E-state index in [2.05, 4.69) is 0 Å². The van der Waals surface area contributed by atoms with Crippen LogP contribution < -0.4 is 0 Å². The van der Waals surface area contributed by atoms with Crippen molar-refractivity contribution in [2.24, 2.45) is 0 Å². The van der Waals surface area contributed by atoms with Crippen LogP contribution in [0.15, 0.2) is 36.7 Å². The van der Waals surface area contributed by atoms with Crippen LogP contribution in [0, 0.1) is 0 Å². The molecule has 2 aromatic rings. The first-order chi connectivity index (χ1) is 9.58. The lowest BCUT2D eigenvalue weighted by atomic mass is 10.1. The molecule has 0 radical (unpaired) electrons. The van der Waals surface area contributed by atoms with E-state index in [1.807, 2.05) is 12.1 Å². The van der Waals surface area contributed by atoms with Crippen LogP contribution in [0.2, 0.25) is 0 Å². The normalized spacial score (nSPS) is 11.4. The van der Waals surface area contributed by atoms with Crippen molar-refractivity contribution in [3.63, 3.8) is 0 Å². The number of hydrogen-bond donors (Lipinski definition) is 0. The smallest absolute Gasteiger partial charge is 0.358 e. The zero-order valence-electron chi connectivity index (χ0n) is 11.5. The Morgan fingerprint density at radius 1 is 1.20 bits per heavy atom. The molecule has 0 aliphatic carbocycles. The van der Waals surface area contributed by atoms with Crippen molar-refractivity contribution in [3.05, 3.63) is 42.3 Å². The Morgan fingerprint density at radius 2 is 1.95 bits per heavy atom. The number of ether oxygens (including phenoxy) is 2. The van der Waals surface area contributed by atoms with Crippen LogP contribution in [0.25, 0.3) is 16.6 Å². The van der Waals surface area contributed by atoms with Gasteiger partial charge in [0.25, 0.3) is 0 Å². The summed E-state index contributed by atoms with van der Waals surface area (Å²) in [6, 6.07) is 7.19. The monoisotopic (exact) mass is 273 g/mol. The van der Waals surface area contributed by atoms with Gasteiger partial charge in [-0.1, -0.05) is 12.1 Å². The molecule has 0 amide bonds. The lowest BCUT2D eigenvalue weighted by Crippen LogP contribution is -2.10. The predicted molar refractivity (Wildman–Crippen MR) is 75.2 cm³/mol. The summed E-state index contributed by atoms with van der Waals surface area (Å²) in [6.07, 6.45) is 3.04. The fraction of sp³-hybridized carbons (Fsp3) is 0.200. The minimum Gasteiger partial charge on any atom is -0.502 e. The number of nitrogens with zero attached hydrogens (tertiary/aromatic N) is 1. The summed E-state index contributed by atoms with van der Waals surface area (Å²) in [7, 11) is 2.76. The van der Waals surface area contributed by atoms with Gasteiger partial charge < -0.3 is 14.0 Å². The number of hydrogen-bond acceptors (Lipinski definition) is 4. The minimum absolute atomic E-state index is 0.0324. The molecule has 1 heterocycles. The molecule has 0 aliphatic heterocycles. The number of carbonyl (C=O) groups excluding carboxylic acids is 2. The summed E-state index contributed by atoms with van der Waals surface area (Å²) < 4.78 is 11.3. The molecule has 1 aromatic heterocycles. The number of Topliss-reactive ketones (excluding diaryl/α,β-unsaturated/α-hetero) is 1. The van der Waals surface area contributed by atoms with Crippen molar-refractivity contribution in [2.75, 3.05) is 14.2 Å². The number of methoxy groups -OCH3 is 2. The Hall–Kier alpha value is -2.56. The average Bonchev–Trinajstić information content (AvgIpc) is 2.86. The zero-order chi connectivity index (χ0) is 14.7. The van der Waals surface area contributed by atoms with Crippen LogP contribution in [-0.4, -0.2) is 30.5 Å². The summed E-state index contributed by atoms with van der Waals surface area (Å²) in [5.74, 6) is -0.549. The Balaban J connectivity index is 2.63. The highest BCUT2D eigenvalue weighted by atomic mass is 16.5. The van der Waals surface area contributed by atoms with Gasteiger partial charge in [-0.05, 0) is 24.4 Å². The van der Waals surface area contributed by atoms with Crippen molar-refractivity contribution in [3.8, 4) is 0 Å². The molecular weight excluding hydrogens is 258 g/mol. The second-order valence-electron chi connectivity index (χ2n) is 4.25. The molecular formula is C15H15NO4. The number of fused-ring (bicyclic) bond motifs is 1. The molecule has 1 aromatic carbocycles. The van der Waals surface area contributed by atoms with Crippen molar-refractivity contribution < 1.29 is 19.1 Å². The Labute approximate surface area is 116 Å². The Bertz CT molecular complexity index is 697. The first kappa shape index (κ1) is 13.9. The van der Waals surface area contributed by atoms with E-state index >= 15 is 0 Å². The molecule has 0 bridgehead atoms. The highest BCUT2D eigenvalue weighted by Gasteiger charge is 2.15. The maximum atomic E-state index is 11.8. The first-order valence-corrected chi connectivity index (χ1v) is 6.02. The van der Waals surface area contributed by atoms with Crippen molar-refractivity contribution in [2.45, 2.75) is 6.92 Å². The Morgan fingerprint density at radius 3 is 2.55 bits per heavy atom. The minimum atomic E-state index is -0.516. The fourth-order valence-electron chi connectivity index (χ4n) is 1.98. The molecule has 0 unspecified atom stereocenters. The second-order valence-corrected chi connectivity index (χ2v) is 4.25. The predicted octanol–water partition coefficient (Wildman–Crippen LogP) is 2.46. The van der Waals surface area contributed by atoms with Gasteiger partial charge in [-0.25, -0.2) is 4.79 Å². The van der Waals surface area contributed by atoms with E-state index in [1.165, 1.54) is 27.4 Å². The molecule has 0 atom stereocenters. The van der Waals surface area contributed by atoms with Crippen molar-refractivity contribution >= 4 is 28.4 Å². The maximum absolute atomic E-state index is 11.8. The third-order valence-electron chi connectivity index (χ3n) is 2.98. The van der Waals surface area contributed by atoms with Crippen LogP contribution in [0.1, 0.15) is 17.3 Å². The molecule has 20 heavy (non-hydrogen) atoms. The molecule has 0 fully saturated rings. The van der Waals surface area contributed by atoms with E-state index in [0.717, 1.165) is 10.9 Å². The van der Waals surface area contributed by atoms with E-state index in [0.29, 0.717) is 5.56 Å². The lowest BCUT2D eigenvalue weighted by Gasteiger charge is -2.08. The molecule has 104 valence electrons. The van der Waals surface area contributed by atoms with Gasteiger partial charge in [0.15, 0.2) is 11.5 Å². The van der Waals surface area contributed by atoms with Gasteiger partial charge in [0.2, 0.25) is 0 Å². The number of rotatable bonds is 4. The number of esters is 1. The van der Waals surface area contributed by atoms with E-state index in [4.69, 9.17) is 9.47 Å². The van der Waals surface area contributed by atoms with Crippen molar-refractivity contribution in [1.82, 2.24) is 4.57 Å². The van der Waals surface area contributed by atoms with Crippen LogP contribution >= 0.6 is 0 Å². The molecule has 0 saturated heterocycles. The summed E-state index contributed by atoms with van der Waals surface area (Å²) in [5.41, 5.74) is 1.57. The maximum Gasteiger partial charge on any atom is 0.358 e. The fourth-order valence-corrected chi connectivity index (χ4v) is 1.98. The molecule has 0 N–H and O–H groups in total. The van der Waals surface area contributed by atoms with E-state index in [1.54, 1.807) is 22.9 Å². The third-order valence-corrected chi connectivity index (χ3v) is 2.98. The van der Waals surface area contributed by atoms with Gasteiger partial charge in [0, 0.05) is 11.8 Å². The van der Waals surface area contributed by atoms with Crippen LogP contribution in [0.4, 0.5) is 0 Å². The number of benzene rings is 1. The van der Waals surface area contributed by atoms with Crippen molar-refractivity contribution in [1.29, 1.82) is 0 Å². The summed E-state index contributed by atoms with van der Waals surface area (Å²) in [4.78, 5) is 23.3. The standard InChI is InChI=1S/C15H15NO4/c1-10(17)12-5-4-11-6-7-16(13(11)8-12)14(9-19-2)15(18)20-3/h4-9H,1-3H3/b14-9-. The van der Waals surface area contributed by atoms with Crippen LogP contribution in [0.3, 0.4) is 0 Å². The highest BCUT2D eigenvalue weighted by Crippen LogP contribution is 2.22. The Kier molecular flexibility index (Phi) is 3.89. The van der Waals surface area contributed by atoms with E-state index in [9.17, 15) is 9.59 Å². The van der Waals surface area contributed by atoms with E-state index in [-0.39, 0.29) is 11.5 Å². The molecule has 5 heteroatoms. The third kappa shape index (κ3) is 2.42. The molecule has 5 nitrogen and oxygen atoms in total. The topological polar surface area (TPSA) is 57.5 Å². The zero-order valence-corrected chi connectivity index (χ0v) is 11.5. The largest absolute Gasteiger partial charge is 0.502 e. The number of aromatic nitrogens is 1. The first-order valence-electron chi connectivity index (χ1n) is 6.02. The second kappa shape index (κ2) is 5.61. The van der Waals surface area contributed by atoms with Gasteiger partial charge >= 0.3 is 5.97 Å². The van der Waals surface area contributed by atoms with Crippen LogP contribution in [-0.2, 0) is 14.3 Å². The molecule has 0 saturated carbocycles. The van der Waals surface area contributed by atoms with E-state index < -0.39 is 5.97 Å². The van der Waals surface area contributed by atoms with Gasteiger partial charge in [0.05, 0.1) is 19.7 Å². The molecule has 0 aliphatic rings. The molecule has 2 rings (SSSR count). The van der Waals surface area contributed by atoms with Gasteiger partial charge in [-0.15, -0.1) is 0 Å². The summed E-state index contributed by atoms with van der Waals surface area (Å²) >= 11 is 0. The van der Waals surface area contributed by atoms with Gasteiger partial charge in [0.1, 0.15) is 6.26 Å². The molecule has 0 spiro atoms. The number of carbonyl (C=O) groups is 2. The summed E-state index contributed by atoms with van der Waals surface area (Å²) in [6.45, 7) is 1.50. The van der Waals surface area contributed by atoms with Crippen LogP contribution in [0.5, 0.6) is 0 Å². The average molecular weight is 273 g/mol.